The number of hydrogen-bond donors (Lipinski definition) is 0. The molecule has 0 spiro atoms. The van der Waals surface area contributed by atoms with Gasteiger partial charge in [-0.15, -0.1) is 0 Å². The van der Waals surface area contributed by atoms with Gasteiger partial charge in [0.05, 0.1) is 0 Å². The molecule has 0 nitrogen and oxygen atoms in total. The molecule has 2 aliphatic carbocycles. The molecule has 2 unspecified atom stereocenters. The van der Waals surface area contributed by atoms with Crippen molar-refractivity contribution in [1.82, 2.24) is 0 Å². The Morgan fingerprint density at radius 3 is 1.00 bits per heavy atom. The van der Waals surface area contributed by atoms with E-state index in [1.165, 1.54) is 87.7 Å². The second-order valence-electron chi connectivity index (χ2n) is 20.2. The standard InChI is InChI=1S/2C30H26S.C2H7Si.2BrH.2ClH.Zr/c2*1-23-19-27-13-8-14-29(30(27)20-23)26-15-17-28(18-16-26)31(21-24-9-4-2-5-10-24)22-25-11-6-3-7-12-25;1-3-2;;;;;/h2*2-20H,21-22H2,1H3;3H,1-2H3;4*1H;/q2*+1;;;;;;+4/p-4. The summed E-state index contributed by atoms with van der Waals surface area (Å²) in [5.41, 5.74) is 17.5. The van der Waals surface area contributed by atoms with Crippen molar-refractivity contribution < 1.29 is 7.89 Å². The molecule has 8 aromatic rings. The third-order valence-electron chi connectivity index (χ3n) is 15.4. The van der Waals surface area contributed by atoms with E-state index in [9.17, 15) is 0 Å². The van der Waals surface area contributed by atoms with E-state index in [-0.39, 0.29) is 29.0 Å². The maximum atomic E-state index is 9.04. The van der Waals surface area contributed by atoms with E-state index < -0.39 is 13.8 Å². The molecule has 8 aromatic carbocycles. The van der Waals surface area contributed by atoms with Gasteiger partial charge in [-0.05, 0) is 0 Å². The first-order valence-electron chi connectivity index (χ1n) is 24.3. The minimum atomic E-state index is -6.53. The van der Waals surface area contributed by atoms with Crippen molar-refractivity contribution in [3.05, 3.63) is 262 Å². The van der Waals surface area contributed by atoms with Crippen LogP contribution in [-0.4, -0.2) is 5.92 Å². The summed E-state index contributed by atoms with van der Waals surface area (Å²) in [7, 11) is 11.5. The van der Waals surface area contributed by atoms with E-state index in [1.54, 1.807) is 0 Å². The van der Waals surface area contributed by atoms with Crippen LogP contribution in [0.5, 0.6) is 0 Å². The van der Waals surface area contributed by atoms with Crippen LogP contribution < -0.4 is 0 Å². The van der Waals surface area contributed by atoms with Crippen LogP contribution in [0, 0.1) is 0 Å². The Bertz CT molecular complexity index is 2990. The van der Waals surface area contributed by atoms with E-state index in [0.29, 0.717) is 0 Å². The van der Waals surface area contributed by atoms with Crippen molar-refractivity contribution in [3.63, 3.8) is 0 Å². The number of fused-ring (bicyclic) bond motifs is 2. The second kappa shape index (κ2) is 18.8. The quantitative estimate of drug-likeness (QED) is 0.0709. The first kappa shape index (κ1) is 50.1. The van der Waals surface area contributed by atoms with Gasteiger partial charge < -0.3 is 0 Å². The van der Waals surface area contributed by atoms with E-state index in [2.05, 4.69) is 270 Å². The van der Waals surface area contributed by atoms with Crippen molar-refractivity contribution >= 4 is 81.3 Å². The average molecular weight is 1220 g/mol. The zero-order chi connectivity index (χ0) is 48.8. The Kier molecular flexibility index (Phi) is 13.5. The zero-order valence-electron chi connectivity index (χ0n) is 40.2. The molecular formula is C62H59Br2Cl2S2SiZr+2. The fourth-order valence-corrected chi connectivity index (χ4v) is 66.1. The number of allylic oxidation sites excluding steroid dienone is 2. The first-order valence-corrected chi connectivity index (χ1v) is 55.0. The summed E-state index contributed by atoms with van der Waals surface area (Å²) in [4.78, 5) is 2.75. The van der Waals surface area contributed by atoms with E-state index in [4.69, 9.17) is 17.0 Å². The molecule has 0 heterocycles. The molecule has 0 saturated heterocycles. The van der Waals surface area contributed by atoms with Gasteiger partial charge in [0.1, 0.15) is 0 Å². The molecule has 10 rings (SSSR count). The predicted molar refractivity (Wildman–Crippen MR) is 317 cm³/mol. The molecule has 0 aromatic heterocycles. The van der Waals surface area contributed by atoms with Crippen molar-refractivity contribution in [3.8, 4) is 22.3 Å². The normalized spacial score (nSPS) is 17.0. The summed E-state index contributed by atoms with van der Waals surface area (Å²) in [6.07, 6.45) is 4.76. The monoisotopic (exact) mass is 1210 g/mol. The predicted octanol–water partition coefficient (Wildman–Crippen LogP) is 19.1. The van der Waals surface area contributed by atoms with Gasteiger partial charge >= 0.3 is 368 Å². The Morgan fingerprint density at radius 1 is 0.414 bits per heavy atom. The maximum absolute atomic E-state index is 9.04. The summed E-state index contributed by atoms with van der Waals surface area (Å²) in [5.74, 6) is 1.93. The molecule has 0 bridgehead atoms. The number of rotatable bonds is 15. The summed E-state index contributed by atoms with van der Waals surface area (Å²) < 4.78 is -0.504. The van der Waals surface area contributed by atoms with Gasteiger partial charge in [-0.3, -0.25) is 0 Å². The molecule has 0 saturated carbocycles. The number of hydrogen-bond acceptors (Lipinski definition) is 0. The van der Waals surface area contributed by atoms with Crippen LogP contribution in [0.4, 0.5) is 0 Å². The Hall–Kier alpha value is -3.42. The van der Waals surface area contributed by atoms with Gasteiger partial charge in [-0.25, -0.2) is 0 Å². The summed E-state index contributed by atoms with van der Waals surface area (Å²) >= 11 is 9.36. The van der Waals surface area contributed by atoms with Crippen LogP contribution in [0.3, 0.4) is 0 Å². The molecule has 353 valence electrons. The Balaban J connectivity index is 0.999. The molecule has 0 fully saturated rings. The molecule has 2 atom stereocenters. The molecule has 8 heteroatoms. The van der Waals surface area contributed by atoms with Gasteiger partial charge in [-0.1, -0.05) is 72.8 Å². The third-order valence-corrected chi connectivity index (χ3v) is 125. The van der Waals surface area contributed by atoms with Gasteiger partial charge in [0.2, 0.25) is 0 Å². The topological polar surface area (TPSA) is 0 Å². The Morgan fingerprint density at radius 2 is 0.714 bits per heavy atom. The molecule has 70 heavy (non-hydrogen) atoms. The molecule has 0 amide bonds. The van der Waals surface area contributed by atoms with Gasteiger partial charge in [0, 0.05) is 0 Å². The third kappa shape index (κ3) is 9.19. The van der Waals surface area contributed by atoms with Gasteiger partial charge in [0.15, 0.2) is 0 Å². The zero-order valence-corrected chi connectivity index (χ0v) is 50.1. The van der Waals surface area contributed by atoms with Crippen molar-refractivity contribution in [2.75, 3.05) is 0 Å². The number of benzene rings is 8. The second-order valence-corrected chi connectivity index (χ2v) is 137. The fraction of sp³-hybridized carbons (Fsp3) is 0.161. The van der Waals surface area contributed by atoms with Crippen LogP contribution in [0.2, 0.25) is 13.1 Å². The number of halogens is 4. The van der Waals surface area contributed by atoms with E-state index in [0.717, 1.165) is 23.0 Å². The van der Waals surface area contributed by atoms with E-state index >= 15 is 0 Å². The average Bonchev–Trinajstić information content (AvgIpc) is 3.93. The molecule has 0 aliphatic heterocycles. The minimum absolute atomic E-state index is 0.00595. The summed E-state index contributed by atoms with van der Waals surface area (Å²) in [6, 6.07) is 76.0. The van der Waals surface area contributed by atoms with Crippen LogP contribution in [0.25, 0.3) is 34.4 Å². The van der Waals surface area contributed by atoms with Crippen molar-refractivity contribution in [2.45, 2.75) is 67.0 Å². The molecule has 0 radical (unpaired) electrons. The Labute approximate surface area is 435 Å². The van der Waals surface area contributed by atoms with Crippen LogP contribution in [0.15, 0.2) is 227 Å². The van der Waals surface area contributed by atoms with Crippen molar-refractivity contribution in [2.24, 2.45) is 0 Å². The van der Waals surface area contributed by atoms with Crippen molar-refractivity contribution in [1.29, 1.82) is 0 Å². The fourth-order valence-electron chi connectivity index (χ4n) is 11.7. The van der Waals surface area contributed by atoms with Gasteiger partial charge in [0.25, 0.3) is 0 Å². The molecule has 2 aliphatic rings. The van der Waals surface area contributed by atoms with Crippen LogP contribution >= 0.6 is 41.5 Å². The molecule has 0 N–H and O–H groups in total. The summed E-state index contributed by atoms with van der Waals surface area (Å²) in [5, 5.41) is 0. The SMILES string of the molecule is CC1=Cc2c(-c3ccc([S+](Cc4ccccc4)Cc4ccccc4)cc3)cccc2[CH]1[Zr]([Cl])([Cl])([Br])([Br])([CH]1C(C)=Cc2c(-c3ccc([S+](Cc4ccccc4)Cc4ccccc4)cc3)cccc21)[SiH](C)C. The van der Waals surface area contributed by atoms with Crippen LogP contribution in [-0.2, 0) is 52.7 Å². The first-order chi connectivity index (χ1) is 33.5. The van der Waals surface area contributed by atoms with Crippen LogP contribution in [0.1, 0.15) is 65.6 Å². The van der Waals surface area contributed by atoms with Gasteiger partial charge in [-0.2, -0.15) is 0 Å². The molecular weight excluding hydrogens is 1160 g/mol. The van der Waals surface area contributed by atoms with E-state index in [1.807, 2.05) is 0 Å². The summed E-state index contributed by atoms with van der Waals surface area (Å²) in [6.45, 7) is 9.22.